The van der Waals surface area contributed by atoms with Gasteiger partial charge in [0.25, 0.3) is 0 Å². The fourth-order valence-electron chi connectivity index (χ4n) is 3.27. The minimum atomic E-state index is -0.321. The highest BCUT2D eigenvalue weighted by molar-refractivity contribution is 6.01. The van der Waals surface area contributed by atoms with Crippen molar-refractivity contribution in [2.75, 3.05) is 7.11 Å². The molecule has 5 heteroatoms. The molecule has 0 amide bonds. The van der Waals surface area contributed by atoms with Gasteiger partial charge in [-0.3, -0.25) is 0 Å². The van der Waals surface area contributed by atoms with E-state index in [1.54, 1.807) is 12.3 Å². The van der Waals surface area contributed by atoms with Gasteiger partial charge in [-0.05, 0) is 42.3 Å². The molecular formula is C19H17N3O2. The number of esters is 1. The van der Waals surface area contributed by atoms with E-state index < -0.39 is 0 Å². The van der Waals surface area contributed by atoms with Crippen molar-refractivity contribution in [1.82, 2.24) is 15.0 Å². The standard InChI is InChI=1S/C19H17N3O2/c1-3-12-15-10-11(19(23)24-2)4-5-16(15)22-17(12)13-6-8-20-18-14(13)7-9-21-18/h4-10,22H,3H2,1-2H3,(H,20,21). The Morgan fingerprint density at radius 2 is 2.08 bits per heavy atom. The van der Waals surface area contributed by atoms with Gasteiger partial charge in [0.2, 0.25) is 0 Å². The van der Waals surface area contributed by atoms with Gasteiger partial charge in [0.15, 0.2) is 0 Å². The second kappa shape index (κ2) is 5.53. The minimum Gasteiger partial charge on any atom is -0.465 e. The van der Waals surface area contributed by atoms with Crippen molar-refractivity contribution in [2.45, 2.75) is 13.3 Å². The highest BCUT2D eigenvalue weighted by atomic mass is 16.5. The predicted octanol–water partition coefficient (Wildman–Crippen LogP) is 4.06. The SMILES string of the molecule is CCc1c(-c2ccnc3[nH]ccc23)[nH]c2ccc(C(=O)OC)cc12. The largest absolute Gasteiger partial charge is 0.465 e. The maximum absolute atomic E-state index is 11.8. The van der Waals surface area contributed by atoms with Crippen LogP contribution in [0.15, 0.2) is 42.7 Å². The van der Waals surface area contributed by atoms with Gasteiger partial charge in [-0.25, -0.2) is 9.78 Å². The van der Waals surface area contributed by atoms with Crippen LogP contribution in [-0.2, 0) is 11.2 Å². The number of benzene rings is 1. The summed E-state index contributed by atoms with van der Waals surface area (Å²) in [5.74, 6) is -0.321. The van der Waals surface area contributed by atoms with Crippen LogP contribution in [0.25, 0.3) is 33.2 Å². The number of pyridine rings is 1. The van der Waals surface area contributed by atoms with E-state index in [1.165, 1.54) is 12.7 Å². The highest BCUT2D eigenvalue weighted by Gasteiger charge is 2.16. The van der Waals surface area contributed by atoms with Crippen LogP contribution in [0, 0.1) is 0 Å². The van der Waals surface area contributed by atoms with Gasteiger partial charge in [-0.15, -0.1) is 0 Å². The van der Waals surface area contributed by atoms with Crippen LogP contribution in [0.1, 0.15) is 22.8 Å². The lowest BCUT2D eigenvalue weighted by Crippen LogP contribution is -2.00. The Morgan fingerprint density at radius 3 is 2.88 bits per heavy atom. The smallest absolute Gasteiger partial charge is 0.337 e. The number of ether oxygens (including phenoxy) is 1. The molecule has 0 radical (unpaired) electrons. The molecule has 0 unspecified atom stereocenters. The Kier molecular flexibility index (Phi) is 3.34. The summed E-state index contributed by atoms with van der Waals surface area (Å²) in [6.45, 7) is 2.12. The summed E-state index contributed by atoms with van der Waals surface area (Å²) in [5.41, 5.74) is 5.80. The summed E-state index contributed by atoms with van der Waals surface area (Å²) >= 11 is 0. The van der Waals surface area contributed by atoms with E-state index in [1.807, 2.05) is 30.5 Å². The molecule has 0 atom stereocenters. The Labute approximate surface area is 138 Å². The zero-order chi connectivity index (χ0) is 16.7. The maximum atomic E-state index is 11.8. The van der Waals surface area contributed by atoms with Crippen molar-refractivity contribution in [1.29, 1.82) is 0 Å². The van der Waals surface area contributed by atoms with Crippen LogP contribution in [0.4, 0.5) is 0 Å². The molecule has 1 aromatic carbocycles. The number of methoxy groups -OCH3 is 1. The Balaban J connectivity index is 1.99. The second-order valence-corrected chi connectivity index (χ2v) is 5.68. The molecule has 0 spiro atoms. The zero-order valence-electron chi connectivity index (χ0n) is 13.5. The first-order chi connectivity index (χ1) is 11.7. The Morgan fingerprint density at radius 1 is 1.21 bits per heavy atom. The molecule has 4 rings (SSSR count). The lowest BCUT2D eigenvalue weighted by molar-refractivity contribution is 0.0601. The van der Waals surface area contributed by atoms with Gasteiger partial charge >= 0.3 is 5.97 Å². The highest BCUT2D eigenvalue weighted by Crippen LogP contribution is 2.34. The van der Waals surface area contributed by atoms with E-state index in [-0.39, 0.29) is 5.97 Å². The second-order valence-electron chi connectivity index (χ2n) is 5.68. The molecule has 120 valence electrons. The number of carbonyl (C=O) groups is 1. The van der Waals surface area contributed by atoms with E-state index in [0.29, 0.717) is 5.56 Å². The van der Waals surface area contributed by atoms with Crippen LogP contribution in [-0.4, -0.2) is 28.0 Å². The molecule has 0 saturated carbocycles. The molecule has 4 aromatic rings. The first kappa shape index (κ1) is 14.5. The van der Waals surface area contributed by atoms with Crippen molar-refractivity contribution in [3.05, 3.63) is 53.9 Å². The number of fused-ring (bicyclic) bond motifs is 2. The fourth-order valence-corrected chi connectivity index (χ4v) is 3.27. The van der Waals surface area contributed by atoms with Gasteiger partial charge in [0.1, 0.15) is 5.65 Å². The number of hydrogen-bond acceptors (Lipinski definition) is 3. The molecule has 0 bridgehead atoms. The molecule has 24 heavy (non-hydrogen) atoms. The third-order valence-electron chi connectivity index (χ3n) is 4.41. The Hall–Kier alpha value is -3.08. The lowest BCUT2D eigenvalue weighted by Gasteiger charge is -2.04. The molecule has 0 fully saturated rings. The van der Waals surface area contributed by atoms with Crippen molar-refractivity contribution in [3.8, 4) is 11.3 Å². The van der Waals surface area contributed by atoms with Gasteiger partial charge < -0.3 is 14.7 Å². The number of nitrogens with zero attached hydrogens (tertiary/aromatic N) is 1. The molecule has 5 nitrogen and oxygen atoms in total. The van der Waals surface area contributed by atoms with Crippen LogP contribution >= 0.6 is 0 Å². The quantitative estimate of drug-likeness (QED) is 0.559. The van der Waals surface area contributed by atoms with Gasteiger partial charge in [0, 0.05) is 34.2 Å². The van der Waals surface area contributed by atoms with Gasteiger partial charge in [-0.2, -0.15) is 0 Å². The summed E-state index contributed by atoms with van der Waals surface area (Å²) < 4.78 is 4.84. The van der Waals surface area contributed by atoms with Crippen LogP contribution < -0.4 is 0 Å². The average Bonchev–Trinajstić information content (AvgIpc) is 3.23. The fraction of sp³-hybridized carbons (Fsp3) is 0.158. The van der Waals surface area contributed by atoms with Gasteiger partial charge in [0.05, 0.1) is 18.4 Å². The average molecular weight is 319 g/mol. The number of nitrogens with one attached hydrogen (secondary N) is 2. The molecule has 0 aliphatic heterocycles. The van der Waals surface area contributed by atoms with E-state index in [0.717, 1.165) is 39.6 Å². The van der Waals surface area contributed by atoms with Crippen molar-refractivity contribution in [3.63, 3.8) is 0 Å². The first-order valence-corrected chi connectivity index (χ1v) is 7.88. The lowest BCUT2D eigenvalue weighted by atomic mass is 10.0. The van der Waals surface area contributed by atoms with E-state index in [4.69, 9.17) is 4.74 Å². The summed E-state index contributed by atoms with van der Waals surface area (Å²) in [7, 11) is 1.40. The molecule has 0 saturated heterocycles. The number of rotatable bonds is 3. The molecule has 2 N–H and O–H groups in total. The van der Waals surface area contributed by atoms with Crippen molar-refractivity contribution >= 4 is 27.9 Å². The van der Waals surface area contributed by atoms with Gasteiger partial charge in [-0.1, -0.05) is 6.92 Å². The molecular weight excluding hydrogens is 302 g/mol. The van der Waals surface area contributed by atoms with Crippen LogP contribution in [0.2, 0.25) is 0 Å². The molecule has 3 aromatic heterocycles. The number of carbonyl (C=O) groups excluding carboxylic acids is 1. The number of aromatic amines is 2. The van der Waals surface area contributed by atoms with E-state index in [9.17, 15) is 4.79 Å². The summed E-state index contributed by atoms with van der Waals surface area (Å²) in [6, 6.07) is 9.66. The molecule has 3 heterocycles. The summed E-state index contributed by atoms with van der Waals surface area (Å²) in [5, 5.41) is 2.13. The van der Waals surface area contributed by atoms with Crippen molar-refractivity contribution < 1.29 is 9.53 Å². The normalized spacial score (nSPS) is 11.2. The van der Waals surface area contributed by atoms with E-state index >= 15 is 0 Å². The summed E-state index contributed by atoms with van der Waals surface area (Å²) in [6.07, 6.45) is 4.55. The minimum absolute atomic E-state index is 0.321. The number of aryl methyl sites for hydroxylation is 1. The van der Waals surface area contributed by atoms with Crippen molar-refractivity contribution in [2.24, 2.45) is 0 Å². The number of H-pyrrole nitrogens is 2. The number of aromatic nitrogens is 3. The third kappa shape index (κ3) is 2.09. The maximum Gasteiger partial charge on any atom is 0.337 e. The van der Waals surface area contributed by atoms with Crippen LogP contribution in [0.3, 0.4) is 0 Å². The summed E-state index contributed by atoms with van der Waals surface area (Å²) in [4.78, 5) is 22.8. The predicted molar refractivity (Wildman–Crippen MR) is 94.1 cm³/mol. The zero-order valence-corrected chi connectivity index (χ0v) is 13.5. The number of hydrogen-bond donors (Lipinski definition) is 2. The monoisotopic (exact) mass is 319 g/mol. The van der Waals surface area contributed by atoms with E-state index in [2.05, 4.69) is 21.9 Å². The first-order valence-electron chi connectivity index (χ1n) is 7.88. The topological polar surface area (TPSA) is 70.8 Å². The molecule has 0 aliphatic carbocycles. The Bertz CT molecular complexity index is 1060. The van der Waals surface area contributed by atoms with Crippen LogP contribution in [0.5, 0.6) is 0 Å². The third-order valence-corrected chi connectivity index (χ3v) is 4.41. The molecule has 0 aliphatic rings.